The molecule has 3 N–H and O–H groups in total. The van der Waals surface area contributed by atoms with Crippen molar-refractivity contribution in [3.05, 3.63) is 29.8 Å². The third-order valence-corrected chi connectivity index (χ3v) is 4.72. The Labute approximate surface area is 137 Å². The lowest BCUT2D eigenvalue weighted by molar-refractivity contribution is 0.223. The smallest absolute Gasteiger partial charge is 0.315 e. The van der Waals surface area contributed by atoms with Crippen LogP contribution in [-0.4, -0.2) is 30.4 Å². The van der Waals surface area contributed by atoms with Crippen LogP contribution in [-0.2, 0) is 6.54 Å². The first-order valence-corrected chi connectivity index (χ1v) is 8.60. The minimum Gasteiger partial charge on any atom is -0.493 e. The van der Waals surface area contributed by atoms with Crippen LogP contribution >= 0.6 is 0 Å². The van der Waals surface area contributed by atoms with E-state index in [9.17, 15) is 4.79 Å². The third kappa shape index (κ3) is 4.86. The zero-order valence-corrected chi connectivity index (χ0v) is 13.5. The molecule has 2 amide bonds. The van der Waals surface area contributed by atoms with Gasteiger partial charge in [0.1, 0.15) is 5.75 Å². The van der Waals surface area contributed by atoms with E-state index in [1.54, 1.807) is 0 Å². The maximum Gasteiger partial charge on any atom is 0.315 e. The van der Waals surface area contributed by atoms with Crippen molar-refractivity contribution in [3.63, 3.8) is 0 Å². The van der Waals surface area contributed by atoms with Crippen LogP contribution in [0.2, 0.25) is 0 Å². The van der Waals surface area contributed by atoms with Crippen LogP contribution in [0.5, 0.6) is 5.75 Å². The van der Waals surface area contributed by atoms with Gasteiger partial charge < -0.3 is 20.5 Å². The standard InChI is InChI=1S/C18H26N2O3/c21-11-14-7-8-16(9-14)20-18(22)19-10-15-3-1-2-4-17(15)23-12-13-5-6-13/h1-4,13-14,16,21H,5-12H2,(H2,19,20,22)/t14-,16+/m1/s1. The SMILES string of the molecule is O=C(NCc1ccccc1OCC1CC1)N[C@H]1CC[C@@H](CO)C1. The first-order chi connectivity index (χ1) is 11.2. The van der Waals surface area contributed by atoms with Gasteiger partial charge in [-0.3, -0.25) is 0 Å². The van der Waals surface area contributed by atoms with E-state index < -0.39 is 0 Å². The van der Waals surface area contributed by atoms with Crippen LogP contribution in [0.3, 0.4) is 0 Å². The van der Waals surface area contributed by atoms with Gasteiger partial charge in [-0.15, -0.1) is 0 Å². The Bertz CT molecular complexity index is 531. The normalized spacial score (nSPS) is 23.5. The second-order valence-corrected chi connectivity index (χ2v) is 6.75. The predicted molar refractivity (Wildman–Crippen MR) is 88.2 cm³/mol. The number of ether oxygens (including phenoxy) is 1. The zero-order valence-electron chi connectivity index (χ0n) is 13.5. The number of benzene rings is 1. The maximum absolute atomic E-state index is 12.0. The highest BCUT2D eigenvalue weighted by atomic mass is 16.5. The second-order valence-electron chi connectivity index (χ2n) is 6.75. The molecule has 2 fully saturated rings. The fourth-order valence-corrected chi connectivity index (χ4v) is 3.07. The van der Waals surface area contributed by atoms with Crippen molar-refractivity contribution in [2.75, 3.05) is 13.2 Å². The van der Waals surface area contributed by atoms with Gasteiger partial charge in [-0.05, 0) is 50.0 Å². The minimum atomic E-state index is -0.148. The van der Waals surface area contributed by atoms with Gasteiger partial charge in [-0.2, -0.15) is 0 Å². The molecule has 0 heterocycles. The van der Waals surface area contributed by atoms with E-state index in [-0.39, 0.29) is 18.7 Å². The van der Waals surface area contributed by atoms with Gasteiger partial charge in [0.15, 0.2) is 0 Å². The Morgan fingerprint density at radius 3 is 2.70 bits per heavy atom. The Kier molecular flexibility index (Phi) is 5.39. The summed E-state index contributed by atoms with van der Waals surface area (Å²) in [7, 11) is 0. The summed E-state index contributed by atoms with van der Waals surface area (Å²) in [5.41, 5.74) is 1.00. The molecule has 1 aromatic carbocycles. The number of aliphatic hydroxyl groups excluding tert-OH is 1. The van der Waals surface area contributed by atoms with Crippen LogP contribution in [0.15, 0.2) is 24.3 Å². The monoisotopic (exact) mass is 318 g/mol. The number of hydrogen-bond donors (Lipinski definition) is 3. The minimum absolute atomic E-state index is 0.148. The summed E-state index contributed by atoms with van der Waals surface area (Å²) < 4.78 is 5.86. The molecule has 0 radical (unpaired) electrons. The van der Waals surface area contributed by atoms with Crippen LogP contribution < -0.4 is 15.4 Å². The molecule has 126 valence electrons. The van der Waals surface area contributed by atoms with E-state index in [0.717, 1.165) is 37.2 Å². The third-order valence-electron chi connectivity index (χ3n) is 4.72. The lowest BCUT2D eigenvalue weighted by Gasteiger charge is -2.15. The molecular formula is C18H26N2O3. The van der Waals surface area contributed by atoms with Crippen LogP contribution in [0.25, 0.3) is 0 Å². The molecule has 0 unspecified atom stereocenters. The summed E-state index contributed by atoms with van der Waals surface area (Å²) >= 11 is 0. The molecule has 3 rings (SSSR count). The molecule has 23 heavy (non-hydrogen) atoms. The van der Waals surface area contributed by atoms with Crippen LogP contribution in [0.1, 0.15) is 37.7 Å². The number of carbonyl (C=O) groups excluding carboxylic acids is 1. The molecule has 2 aliphatic carbocycles. The average molecular weight is 318 g/mol. The summed E-state index contributed by atoms with van der Waals surface area (Å²) in [6.07, 6.45) is 5.32. The zero-order chi connectivity index (χ0) is 16.1. The number of carbonyl (C=O) groups is 1. The van der Waals surface area contributed by atoms with E-state index in [1.165, 1.54) is 12.8 Å². The maximum atomic E-state index is 12.0. The van der Waals surface area contributed by atoms with E-state index in [0.29, 0.717) is 18.4 Å². The largest absolute Gasteiger partial charge is 0.493 e. The molecule has 0 saturated heterocycles. The number of amides is 2. The summed E-state index contributed by atoms with van der Waals surface area (Å²) in [5, 5.41) is 15.1. The highest BCUT2D eigenvalue weighted by Gasteiger charge is 2.25. The lowest BCUT2D eigenvalue weighted by Crippen LogP contribution is -2.40. The molecular weight excluding hydrogens is 292 g/mol. The number of nitrogens with one attached hydrogen (secondary N) is 2. The Balaban J connectivity index is 1.44. The average Bonchev–Trinajstić information content (AvgIpc) is 3.29. The first kappa shape index (κ1) is 16.1. The Morgan fingerprint density at radius 2 is 1.96 bits per heavy atom. The van der Waals surface area contributed by atoms with Gasteiger partial charge in [0.05, 0.1) is 6.61 Å². The molecule has 2 atom stereocenters. The fraction of sp³-hybridized carbons (Fsp3) is 0.611. The van der Waals surface area contributed by atoms with Crippen molar-refractivity contribution in [2.24, 2.45) is 11.8 Å². The van der Waals surface area contributed by atoms with Gasteiger partial charge in [0, 0.05) is 24.8 Å². The van der Waals surface area contributed by atoms with Gasteiger partial charge in [-0.25, -0.2) is 4.79 Å². The van der Waals surface area contributed by atoms with Gasteiger partial charge in [0.25, 0.3) is 0 Å². The molecule has 2 saturated carbocycles. The van der Waals surface area contributed by atoms with E-state index in [2.05, 4.69) is 10.6 Å². The lowest BCUT2D eigenvalue weighted by atomic mass is 10.1. The fourth-order valence-electron chi connectivity index (χ4n) is 3.07. The van der Waals surface area contributed by atoms with Gasteiger partial charge in [0.2, 0.25) is 0 Å². The van der Waals surface area contributed by atoms with Gasteiger partial charge in [-0.1, -0.05) is 18.2 Å². The molecule has 1 aromatic rings. The van der Waals surface area contributed by atoms with Crippen LogP contribution in [0, 0.1) is 11.8 Å². The Hall–Kier alpha value is -1.75. The van der Waals surface area contributed by atoms with E-state index in [1.807, 2.05) is 24.3 Å². The van der Waals surface area contributed by atoms with E-state index >= 15 is 0 Å². The number of aliphatic hydroxyl groups is 1. The van der Waals surface area contributed by atoms with Crippen molar-refractivity contribution in [1.82, 2.24) is 10.6 Å². The highest BCUT2D eigenvalue weighted by Crippen LogP contribution is 2.30. The number of hydrogen-bond acceptors (Lipinski definition) is 3. The molecule has 0 aliphatic heterocycles. The summed E-state index contributed by atoms with van der Waals surface area (Å²) in [4.78, 5) is 12.0. The van der Waals surface area contributed by atoms with Crippen molar-refractivity contribution < 1.29 is 14.6 Å². The first-order valence-electron chi connectivity index (χ1n) is 8.60. The molecule has 0 spiro atoms. The van der Waals surface area contributed by atoms with Crippen molar-refractivity contribution >= 4 is 6.03 Å². The quantitative estimate of drug-likeness (QED) is 0.723. The molecule has 0 aromatic heterocycles. The van der Waals surface area contributed by atoms with Crippen molar-refractivity contribution in [1.29, 1.82) is 0 Å². The van der Waals surface area contributed by atoms with Crippen LogP contribution in [0.4, 0.5) is 4.79 Å². The van der Waals surface area contributed by atoms with Crippen molar-refractivity contribution in [3.8, 4) is 5.75 Å². The molecule has 2 aliphatic rings. The highest BCUT2D eigenvalue weighted by molar-refractivity contribution is 5.74. The van der Waals surface area contributed by atoms with Gasteiger partial charge >= 0.3 is 6.03 Å². The molecule has 0 bridgehead atoms. The summed E-state index contributed by atoms with van der Waals surface area (Å²) in [6, 6.07) is 7.89. The van der Waals surface area contributed by atoms with E-state index in [4.69, 9.17) is 9.84 Å². The topological polar surface area (TPSA) is 70.6 Å². The summed E-state index contributed by atoms with van der Waals surface area (Å²) in [5.74, 6) is 1.90. The number of rotatable bonds is 7. The second kappa shape index (κ2) is 7.68. The van der Waals surface area contributed by atoms with Crippen molar-refractivity contribution in [2.45, 2.75) is 44.7 Å². The Morgan fingerprint density at radius 1 is 1.17 bits per heavy atom. The predicted octanol–water partition coefficient (Wildman–Crippen LogP) is 2.44. The molecule has 5 heteroatoms. The number of para-hydroxylation sites is 1. The molecule has 5 nitrogen and oxygen atoms in total. The summed E-state index contributed by atoms with van der Waals surface area (Å²) in [6.45, 7) is 1.45. The number of urea groups is 1.